The van der Waals surface area contributed by atoms with Gasteiger partial charge in [-0.1, -0.05) is 87.3 Å². The van der Waals surface area contributed by atoms with Gasteiger partial charge in [-0.15, -0.1) is 0 Å². The fraction of sp³-hybridized carbons (Fsp3) is 0.167. The van der Waals surface area contributed by atoms with Gasteiger partial charge in [-0.05, 0) is 6.07 Å². The molecule has 1 aliphatic carbocycles. The zero-order chi connectivity index (χ0) is 16.1. The first-order valence-electron chi connectivity index (χ1n) is 5.29. The number of hydrogen-bond donors (Lipinski definition) is 2. The van der Waals surface area contributed by atoms with E-state index in [0.717, 1.165) is 0 Å². The van der Waals surface area contributed by atoms with E-state index in [1.165, 1.54) is 12.1 Å². The van der Waals surface area contributed by atoms with Gasteiger partial charge in [0.2, 0.25) is 0 Å². The molecule has 0 radical (unpaired) electrons. The van der Waals surface area contributed by atoms with Crippen LogP contribution in [0.5, 0.6) is 0 Å². The normalized spacial score (nSPS) is 26.6. The van der Waals surface area contributed by atoms with Crippen molar-refractivity contribution in [1.82, 2.24) is 0 Å². The van der Waals surface area contributed by atoms with Gasteiger partial charge in [0.05, 0.1) is 35.2 Å². The van der Waals surface area contributed by atoms with Gasteiger partial charge in [0.25, 0.3) is 0 Å². The minimum atomic E-state index is -2.20. The third-order valence-electron chi connectivity index (χ3n) is 3.01. The van der Waals surface area contributed by atoms with Crippen LogP contribution in [-0.2, 0) is 5.60 Å². The Bertz CT molecular complexity index is 682. The Labute approximate surface area is 155 Å². The summed E-state index contributed by atoms with van der Waals surface area (Å²) in [6.07, 6.45) is -1.67. The minimum Gasteiger partial charge on any atom is -0.384 e. The molecule has 21 heavy (non-hydrogen) atoms. The second kappa shape index (κ2) is 6.27. The molecule has 0 aromatic heterocycles. The van der Waals surface area contributed by atoms with Crippen molar-refractivity contribution >= 4 is 81.2 Å². The summed E-state index contributed by atoms with van der Waals surface area (Å²) < 4.78 is 0. The first-order chi connectivity index (χ1) is 9.63. The van der Waals surface area contributed by atoms with E-state index in [2.05, 4.69) is 0 Å². The van der Waals surface area contributed by atoms with Crippen molar-refractivity contribution in [2.24, 2.45) is 0 Å². The molecule has 2 unspecified atom stereocenters. The van der Waals surface area contributed by atoms with E-state index in [-0.39, 0.29) is 40.8 Å². The molecule has 0 saturated heterocycles. The smallest absolute Gasteiger partial charge is 0.159 e. The molecule has 0 amide bonds. The predicted molar refractivity (Wildman–Crippen MR) is 88.8 cm³/mol. The van der Waals surface area contributed by atoms with E-state index in [9.17, 15) is 10.2 Å². The summed E-state index contributed by atoms with van der Waals surface area (Å²) in [5, 5.41) is 20.2. The van der Waals surface area contributed by atoms with Crippen LogP contribution in [0, 0.1) is 0 Å². The second-order valence-electron chi connectivity index (χ2n) is 4.18. The van der Waals surface area contributed by atoms with Gasteiger partial charge in [-0.3, -0.25) is 0 Å². The molecule has 0 spiro atoms. The summed E-state index contributed by atoms with van der Waals surface area (Å²) in [7, 11) is 0. The Morgan fingerprint density at radius 1 is 0.857 bits per heavy atom. The third kappa shape index (κ3) is 2.69. The molecule has 9 heteroatoms. The van der Waals surface area contributed by atoms with Crippen LogP contribution in [0.2, 0.25) is 15.1 Å². The summed E-state index contributed by atoms with van der Waals surface area (Å²) in [5.41, 5.74) is -2.20. The predicted octanol–water partition coefficient (Wildman–Crippen LogP) is 5.59. The van der Waals surface area contributed by atoms with E-state index in [0.29, 0.717) is 0 Å². The van der Waals surface area contributed by atoms with Crippen molar-refractivity contribution in [1.29, 1.82) is 0 Å². The van der Waals surface area contributed by atoms with Crippen LogP contribution in [-0.4, -0.2) is 16.3 Å². The van der Waals surface area contributed by atoms with Crippen molar-refractivity contribution in [2.75, 3.05) is 0 Å². The van der Waals surface area contributed by atoms with Crippen molar-refractivity contribution in [3.05, 3.63) is 52.9 Å². The molecule has 114 valence electrons. The van der Waals surface area contributed by atoms with Crippen LogP contribution in [0.15, 0.2) is 32.3 Å². The lowest BCUT2D eigenvalue weighted by molar-refractivity contribution is -0.0261. The van der Waals surface area contributed by atoms with Gasteiger partial charge in [0.1, 0.15) is 6.10 Å². The summed E-state index contributed by atoms with van der Waals surface area (Å²) >= 11 is 41.6. The quantitative estimate of drug-likeness (QED) is 0.572. The molecule has 0 saturated carbocycles. The Morgan fingerprint density at radius 3 is 2.00 bits per heavy atom. The maximum atomic E-state index is 10.8. The molecule has 1 aliphatic rings. The van der Waals surface area contributed by atoms with Gasteiger partial charge >= 0.3 is 0 Å². The molecule has 2 N–H and O–H groups in total. The average molecular weight is 429 g/mol. The van der Waals surface area contributed by atoms with Crippen molar-refractivity contribution in [2.45, 2.75) is 11.7 Å². The largest absolute Gasteiger partial charge is 0.384 e. The maximum Gasteiger partial charge on any atom is 0.159 e. The van der Waals surface area contributed by atoms with Crippen LogP contribution in [0.1, 0.15) is 5.56 Å². The molecular formula is C12H5Cl7O2. The van der Waals surface area contributed by atoms with Gasteiger partial charge in [0, 0.05) is 5.56 Å². The highest BCUT2D eigenvalue weighted by Crippen LogP contribution is 2.51. The third-order valence-corrected chi connectivity index (χ3v) is 6.24. The molecule has 1 aromatic carbocycles. The number of allylic oxidation sites excluding steroid dienone is 2. The highest BCUT2D eigenvalue weighted by molar-refractivity contribution is 6.52. The molecule has 0 heterocycles. The van der Waals surface area contributed by atoms with E-state index in [1.807, 2.05) is 0 Å². The molecule has 0 aliphatic heterocycles. The lowest BCUT2D eigenvalue weighted by Crippen LogP contribution is -2.43. The highest BCUT2D eigenvalue weighted by Gasteiger charge is 2.49. The van der Waals surface area contributed by atoms with E-state index in [1.54, 1.807) is 0 Å². The number of hydrogen-bond acceptors (Lipinski definition) is 2. The Balaban J connectivity index is 2.76. The number of rotatable bonds is 1. The Hall–Kier alpha value is 0.650. The topological polar surface area (TPSA) is 40.5 Å². The average Bonchev–Trinajstić information content (AvgIpc) is 2.47. The monoisotopic (exact) mass is 426 g/mol. The van der Waals surface area contributed by atoms with Gasteiger partial charge < -0.3 is 10.2 Å². The Kier molecular flexibility index (Phi) is 5.38. The standard InChI is InChI=1S/C12H5Cl7O2/c13-4-2-1-3(5(14)6(4)15)12(21)10(19)8(17)7(16)9(18)11(12)20/h1-2,11,20-21H. The molecular weight excluding hydrogens is 424 g/mol. The molecule has 1 aromatic rings. The maximum absolute atomic E-state index is 10.8. The number of halogens is 7. The highest BCUT2D eigenvalue weighted by atomic mass is 35.5. The molecule has 0 bridgehead atoms. The van der Waals surface area contributed by atoms with E-state index >= 15 is 0 Å². The SMILES string of the molecule is OC1C(Cl)=C(Cl)C(Cl)=C(Cl)C1(O)c1ccc(Cl)c(Cl)c1Cl. The zero-order valence-corrected chi connectivity index (χ0v) is 15.1. The zero-order valence-electron chi connectivity index (χ0n) is 9.77. The fourth-order valence-corrected chi connectivity index (χ4v) is 3.65. The van der Waals surface area contributed by atoms with Crippen LogP contribution < -0.4 is 0 Å². The second-order valence-corrected chi connectivity index (χ2v) is 6.89. The summed E-state index contributed by atoms with van der Waals surface area (Å²) in [5.74, 6) is 0. The first-order valence-corrected chi connectivity index (χ1v) is 7.94. The van der Waals surface area contributed by atoms with Crippen LogP contribution in [0.4, 0.5) is 0 Å². The molecule has 2 rings (SSSR count). The lowest BCUT2D eigenvalue weighted by Gasteiger charge is -2.37. The number of benzene rings is 1. The van der Waals surface area contributed by atoms with Gasteiger partial charge in [-0.2, -0.15) is 0 Å². The van der Waals surface area contributed by atoms with Crippen LogP contribution >= 0.6 is 81.2 Å². The molecule has 2 nitrogen and oxygen atoms in total. The van der Waals surface area contributed by atoms with Crippen molar-refractivity contribution in [3.63, 3.8) is 0 Å². The molecule has 2 atom stereocenters. The fourth-order valence-electron chi connectivity index (χ4n) is 1.88. The lowest BCUT2D eigenvalue weighted by atomic mass is 9.84. The van der Waals surface area contributed by atoms with Gasteiger partial charge in [0.15, 0.2) is 5.60 Å². The number of aliphatic hydroxyl groups excluding tert-OH is 1. The Morgan fingerprint density at radius 2 is 1.43 bits per heavy atom. The molecule has 0 fully saturated rings. The summed E-state index contributed by atoms with van der Waals surface area (Å²) in [6, 6.07) is 2.75. The summed E-state index contributed by atoms with van der Waals surface area (Å²) in [6.45, 7) is 0. The van der Waals surface area contributed by atoms with Crippen molar-refractivity contribution in [3.8, 4) is 0 Å². The minimum absolute atomic E-state index is 0.00321. The first kappa shape index (κ1) is 18.0. The van der Waals surface area contributed by atoms with E-state index < -0.39 is 11.7 Å². The van der Waals surface area contributed by atoms with Crippen LogP contribution in [0.25, 0.3) is 0 Å². The number of aliphatic hydroxyl groups is 2. The van der Waals surface area contributed by atoms with Crippen molar-refractivity contribution < 1.29 is 10.2 Å². The summed E-state index contributed by atoms with van der Waals surface area (Å²) in [4.78, 5) is 0. The van der Waals surface area contributed by atoms with E-state index in [4.69, 9.17) is 81.2 Å². The van der Waals surface area contributed by atoms with Crippen LogP contribution in [0.3, 0.4) is 0 Å². The van der Waals surface area contributed by atoms with Gasteiger partial charge in [-0.25, -0.2) is 0 Å².